The number of halogens is 2. The predicted molar refractivity (Wildman–Crippen MR) is 127 cm³/mol. The van der Waals surface area contributed by atoms with Crippen molar-refractivity contribution in [1.29, 1.82) is 0 Å². The van der Waals surface area contributed by atoms with Gasteiger partial charge in [0.2, 0.25) is 11.8 Å². The van der Waals surface area contributed by atoms with Gasteiger partial charge < -0.3 is 14.4 Å². The normalized spacial score (nSPS) is 16.7. The van der Waals surface area contributed by atoms with Gasteiger partial charge in [-0.3, -0.25) is 9.59 Å². The lowest BCUT2D eigenvalue weighted by Gasteiger charge is -2.34. The van der Waals surface area contributed by atoms with Gasteiger partial charge in [-0.1, -0.05) is 48.8 Å². The molecule has 1 saturated carbocycles. The molecule has 172 valence electrons. The largest absolute Gasteiger partial charge is 0.339 e. The fourth-order valence-corrected chi connectivity index (χ4v) is 5.12. The Bertz CT molecular complexity index is 1000. The number of amides is 2. The highest BCUT2D eigenvalue weighted by molar-refractivity contribution is 7.99. The molecule has 32 heavy (non-hydrogen) atoms. The van der Waals surface area contributed by atoms with Crippen LogP contribution in [0.15, 0.2) is 23.4 Å². The van der Waals surface area contributed by atoms with E-state index >= 15 is 0 Å². The Morgan fingerprint density at radius 3 is 2.41 bits per heavy atom. The minimum absolute atomic E-state index is 0.0543. The zero-order valence-electron chi connectivity index (χ0n) is 18.3. The maximum atomic E-state index is 12.8. The number of carbonyl (C=O) groups is 2. The van der Waals surface area contributed by atoms with Gasteiger partial charge in [0, 0.05) is 49.2 Å². The SMILES string of the molecule is CC(C)Cn1c(SCC(=O)N2CCN(C(=O)C3CC3)CC2)nnc1-c1ccc(Cl)cc1Cl. The Morgan fingerprint density at radius 1 is 1.09 bits per heavy atom. The average molecular weight is 496 g/mol. The number of benzene rings is 1. The van der Waals surface area contributed by atoms with Crippen molar-refractivity contribution in [3.63, 3.8) is 0 Å². The molecule has 2 fully saturated rings. The quantitative estimate of drug-likeness (QED) is 0.541. The summed E-state index contributed by atoms with van der Waals surface area (Å²) in [6.45, 7) is 7.36. The van der Waals surface area contributed by atoms with Crippen molar-refractivity contribution in [2.75, 3.05) is 31.9 Å². The van der Waals surface area contributed by atoms with Gasteiger partial charge in [0.1, 0.15) is 0 Å². The number of hydrogen-bond donors (Lipinski definition) is 0. The average Bonchev–Trinajstić information content (AvgIpc) is 3.54. The molecule has 1 aromatic heterocycles. The summed E-state index contributed by atoms with van der Waals surface area (Å²) < 4.78 is 2.02. The van der Waals surface area contributed by atoms with E-state index in [0.29, 0.717) is 59.7 Å². The minimum Gasteiger partial charge on any atom is -0.339 e. The van der Waals surface area contributed by atoms with E-state index in [-0.39, 0.29) is 23.5 Å². The zero-order chi connectivity index (χ0) is 22.8. The van der Waals surface area contributed by atoms with E-state index < -0.39 is 0 Å². The summed E-state index contributed by atoms with van der Waals surface area (Å²) >= 11 is 13.8. The van der Waals surface area contributed by atoms with Crippen LogP contribution in [0.1, 0.15) is 26.7 Å². The fraction of sp³-hybridized carbons (Fsp3) is 0.545. The van der Waals surface area contributed by atoms with Gasteiger partial charge in [-0.05, 0) is 37.0 Å². The molecule has 4 rings (SSSR count). The van der Waals surface area contributed by atoms with E-state index in [4.69, 9.17) is 23.2 Å². The second kappa shape index (κ2) is 10.0. The van der Waals surface area contributed by atoms with Crippen LogP contribution < -0.4 is 0 Å². The summed E-state index contributed by atoms with van der Waals surface area (Å²) in [5.74, 6) is 1.84. The first-order valence-electron chi connectivity index (χ1n) is 10.9. The highest BCUT2D eigenvalue weighted by Crippen LogP contribution is 2.33. The molecule has 2 heterocycles. The molecule has 1 saturated heterocycles. The van der Waals surface area contributed by atoms with Crippen LogP contribution in [0, 0.1) is 11.8 Å². The number of thioether (sulfide) groups is 1. The summed E-state index contributed by atoms with van der Waals surface area (Å²) in [4.78, 5) is 28.8. The fourth-order valence-electron chi connectivity index (χ4n) is 3.78. The Kier molecular flexibility index (Phi) is 7.32. The van der Waals surface area contributed by atoms with Crippen molar-refractivity contribution in [2.24, 2.45) is 11.8 Å². The van der Waals surface area contributed by atoms with Crippen LogP contribution >= 0.6 is 35.0 Å². The first kappa shape index (κ1) is 23.4. The lowest BCUT2D eigenvalue weighted by Crippen LogP contribution is -2.51. The molecule has 1 aliphatic carbocycles. The summed E-state index contributed by atoms with van der Waals surface area (Å²) in [5, 5.41) is 10.5. The standard InChI is InChI=1S/C22H27Cl2N5O2S/c1-14(2)12-29-20(17-6-5-16(23)11-18(17)24)25-26-22(29)32-13-19(30)27-7-9-28(10-8-27)21(31)15-3-4-15/h5-6,11,14-15H,3-4,7-10,12-13H2,1-2H3. The maximum absolute atomic E-state index is 12.8. The molecular weight excluding hydrogens is 469 g/mol. The minimum atomic E-state index is 0.0543. The number of carbonyl (C=O) groups excluding carboxylic acids is 2. The molecule has 0 unspecified atom stereocenters. The van der Waals surface area contributed by atoms with Crippen LogP contribution in [-0.4, -0.2) is 68.3 Å². The molecular formula is C22H27Cl2N5O2S. The highest BCUT2D eigenvalue weighted by Gasteiger charge is 2.35. The molecule has 7 nitrogen and oxygen atoms in total. The Morgan fingerprint density at radius 2 is 1.78 bits per heavy atom. The van der Waals surface area contributed by atoms with Crippen molar-refractivity contribution in [3.05, 3.63) is 28.2 Å². The van der Waals surface area contributed by atoms with Crippen LogP contribution in [0.3, 0.4) is 0 Å². The predicted octanol–water partition coefficient (Wildman–Crippen LogP) is 4.08. The van der Waals surface area contributed by atoms with E-state index in [1.54, 1.807) is 12.1 Å². The van der Waals surface area contributed by atoms with Gasteiger partial charge >= 0.3 is 0 Å². The lowest BCUT2D eigenvalue weighted by atomic mass is 10.2. The highest BCUT2D eigenvalue weighted by atomic mass is 35.5. The third kappa shape index (κ3) is 5.41. The Balaban J connectivity index is 1.41. The molecule has 2 aliphatic rings. The number of nitrogens with zero attached hydrogens (tertiary/aromatic N) is 5. The number of piperazine rings is 1. The van der Waals surface area contributed by atoms with Crippen molar-refractivity contribution < 1.29 is 9.59 Å². The molecule has 10 heteroatoms. The molecule has 2 amide bonds. The molecule has 1 aromatic carbocycles. The van der Waals surface area contributed by atoms with Crippen molar-refractivity contribution in [1.82, 2.24) is 24.6 Å². The third-order valence-corrected chi connectivity index (χ3v) is 7.13. The second-order valence-electron chi connectivity index (χ2n) is 8.70. The van der Waals surface area contributed by atoms with Gasteiger partial charge in [-0.15, -0.1) is 10.2 Å². The first-order valence-corrected chi connectivity index (χ1v) is 12.7. The van der Waals surface area contributed by atoms with Gasteiger partial charge in [0.15, 0.2) is 11.0 Å². The van der Waals surface area contributed by atoms with Crippen molar-refractivity contribution in [3.8, 4) is 11.4 Å². The molecule has 0 atom stereocenters. The second-order valence-corrected chi connectivity index (χ2v) is 10.5. The van der Waals surface area contributed by atoms with Crippen molar-refractivity contribution in [2.45, 2.75) is 38.4 Å². The summed E-state index contributed by atoms with van der Waals surface area (Å²) in [7, 11) is 0. The molecule has 0 spiro atoms. The molecule has 2 aromatic rings. The molecule has 0 radical (unpaired) electrons. The van der Waals surface area contributed by atoms with E-state index in [1.807, 2.05) is 20.4 Å². The topological polar surface area (TPSA) is 71.3 Å². The third-order valence-electron chi connectivity index (χ3n) is 5.63. The van der Waals surface area contributed by atoms with E-state index in [0.717, 1.165) is 18.4 Å². The lowest BCUT2D eigenvalue weighted by molar-refractivity contribution is -0.139. The van der Waals surface area contributed by atoms with Gasteiger partial charge in [0.25, 0.3) is 0 Å². The Hall–Kier alpha value is -1.77. The van der Waals surface area contributed by atoms with Crippen LogP contribution in [0.25, 0.3) is 11.4 Å². The van der Waals surface area contributed by atoms with Crippen LogP contribution in [-0.2, 0) is 16.1 Å². The van der Waals surface area contributed by atoms with Crippen LogP contribution in [0.4, 0.5) is 0 Å². The molecule has 0 bridgehead atoms. The molecule has 1 aliphatic heterocycles. The summed E-state index contributed by atoms with van der Waals surface area (Å²) in [5.41, 5.74) is 0.763. The maximum Gasteiger partial charge on any atom is 0.233 e. The number of aromatic nitrogens is 3. The van der Waals surface area contributed by atoms with Gasteiger partial charge in [-0.25, -0.2) is 0 Å². The first-order chi connectivity index (χ1) is 15.3. The monoisotopic (exact) mass is 495 g/mol. The van der Waals surface area contributed by atoms with Crippen molar-refractivity contribution >= 4 is 46.8 Å². The van der Waals surface area contributed by atoms with E-state index in [9.17, 15) is 9.59 Å². The van der Waals surface area contributed by atoms with Crippen LogP contribution in [0.5, 0.6) is 0 Å². The summed E-state index contributed by atoms with van der Waals surface area (Å²) in [6.07, 6.45) is 2.02. The summed E-state index contributed by atoms with van der Waals surface area (Å²) in [6, 6.07) is 5.31. The van der Waals surface area contributed by atoms with E-state index in [2.05, 4.69) is 24.0 Å². The van der Waals surface area contributed by atoms with Gasteiger partial charge in [0.05, 0.1) is 10.8 Å². The molecule has 0 N–H and O–H groups in total. The van der Waals surface area contributed by atoms with Gasteiger partial charge in [-0.2, -0.15) is 0 Å². The zero-order valence-corrected chi connectivity index (χ0v) is 20.6. The van der Waals surface area contributed by atoms with E-state index in [1.165, 1.54) is 11.8 Å². The Labute approximate surface area is 202 Å². The number of hydrogen-bond acceptors (Lipinski definition) is 5. The smallest absolute Gasteiger partial charge is 0.233 e. The number of rotatable bonds is 7. The van der Waals surface area contributed by atoms with Crippen LogP contribution in [0.2, 0.25) is 10.0 Å².